The van der Waals surface area contributed by atoms with Gasteiger partial charge >= 0.3 is 12.1 Å². The number of rotatable bonds is 7. The van der Waals surface area contributed by atoms with Gasteiger partial charge in [-0.05, 0) is 47.9 Å². The van der Waals surface area contributed by atoms with Gasteiger partial charge in [0.05, 0.1) is 18.2 Å². The normalized spacial score (nSPS) is 11.8. The van der Waals surface area contributed by atoms with Crippen LogP contribution in [-0.2, 0) is 17.5 Å². The Morgan fingerprint density at radius 2 is 1.79 bits per heavy atom. The summed E-state index contributed by atoms with van der Waals surface area (Å²) >= 11 is 0. The molecule has 0 unspecified atom stereocenters. The average Bonchev–Trinajstić information content (AvgIpc) is 2.69. The van der Waals surface area contributed by atoms with Crippen molar-refractivity contribution < 1.29 is 32.6 Å². The van der Waals surface area contributed by atoms with Crippen molar-refractivity contribution in [2.75, 3.05) is 7.11 Å². The number of nitrogens with one attached hydrogen (secondary N) is 1. The molecule has 0 aliphatic rings. The first-order valence-corrected chi connectivity index (χ1v) is 8.72. The summed E-state index contributed by atoms with van der Waals surface area (Å²) in [4.78, 5) is 23.7. The Balaban J connectivity index is 2.19. The van der Waals surface area contributed by atoms with Gasteiger partial charge < -0.3 is 15.2 Å². The van der Waals surface area contributed by atoms with Gasteiger partial charge in [-0.15, -0.1) is 0 Å². The van der Waals surface area contributed by atoms with E-state index >= 15 is 0 Å². The molecule has 2 aromatic carbocycles. The lowest BCUT2D eigenvalue weighted by molar-refractivity contribution is -0.137. The second-order valence-corrected chi connectivity index (χ2v) is 6.17. The van der Waals surface area contributed by atoms with Gasteiger partial charge in [-0.2, -0.15) is 13.2 Å². The number of carbonyl (C=O) groups is 2. The Kier molecular flexibility index (Phi) is 7.03. The zero-order valence-corrected chi connectivity index (χ0v) is 15.8. The number of carbonyl (C=O) groups excluding carboxylic acids is 1. The van der Waals surface area contributed by atoms with Crippen molar-refractivity contribution in [2.45, 2.75) is 26.1 Å². The zero-order valence-electron chi connectivity index (χ0n) is 15.8. The number of benzene rings is 2. The zero-order chi connectivity index (χ0) is 21.6. The minimum Gasteiger partial charge on any atom is -0.496 e. The Hall–Kier alpha value is -3.29. The molecule has 2 rings (SSSR count). The van der Waals surface area contributed by atoms with Crippen molar-refractivity contribution in [3.8, 4) is 5.75 Å². The van der Waals surface area contributed by atoms with Crippen molar-refractivity contribution in [3.05, 3.63) is 70.3 Å². The molecule has 0 aromatic heterocycles. The van der Waals surface area contributed by atoms with Gasteiger partial charge in [0, 0.05) is 12.1 Å². The van der Waals surface area contributed by atoms with Gasteiger partial charge in [0.15, 0.2) is 0 Å². The predicted molar refractivity (Wildman–Crippen MR) is 102 cm³/mol. The number of hydrogen-bond donors (Lipinski definition) is 2. The summed E-state index contributed by atoms with van der Waals surface area (Å²) in [6.45, 7) is 1.73. The standard InChI is InChI=1S/C21H20F3NO4/c1-3-15(20(27)28)10-14-6-9-18(29-2)17(11-14)19(26)25-12-13-4-7-16(8-5-13)21(22,23)24/h4-11H,3,12H2,1-2H3,(H,25,26)(H,27,28)/b15-10+. The molecule has 0 radical (unpaired) electrons. The first-order chi connectivity index (χ1) is 13.7. The van der Waals surface area contributed by atoms with E-state index in [2.05, 4.69) is 5.32 Å². The maximum atomic E-state index is 12.6. The number of halogens is 3. The van der Waals surface area contributed by atoms with Crippen molar-refractivity contribution in [3.63, 3.8) is 0 Å². The van der Waals surface area contributed by atoms with E-state index in [-0.39, 0.29) is 17.7 Å². The minimum absolute atomic E-state index is 0.0233. The van der Waals surface area contributed by atoms with Crippen LogP contribution >= 0.6 is 0 Å². The SMILES string of the molecule is CC/C(=C\c1ccc(OC)c(C(=O)NCc2ccc(C(F)(F)F)cc2)c1)C(=O)O. The summed E-state index contributed by atoms with van der Waals surface area (Å²) in [6, 6.07) is 9.16. The van der Waals surface area contributed by atoms with Crippen LogP contribution in [0.2, 0.25) is 0 Å². The molecule has 29 heavy (non-hydrogen) atoms. The topological polar surface area (TPSA) is 75.6 Å². The number of alkyl halides is 3. The minimum atomic E-state index is -4.42. The van der Waals surface area contributed by atoms with Crippen LogP contribution < -0.4 is 10.1 Å². The highest BCUT2D eigenvalue weighted by Gasteiger charge is 2.29. The molecule has 0 aliphatic heterocycles. The molecule has 1 amide bonds. The Bertz CT molecular complexity index is 919. The first kappa shape index (κ1) is 22.0. The maximum absolute atomic E-state index is 12.6. The smallest absolute Gasteiger partial charge is 0.416 e. The van der Waals surface area contributed by atoms with Crippen LogP contribution in [-0.4, -0.2) is 24.1 Å². The lowest BCUT2D eigenvalue weighted by Crippen LogP contribution is -2.23. The van der Waals surface area contributed by atoms with Crippen molar-refractivity contribution >= 4 is 18.0 Å². The number of carboxylic acids is 1. The van der Waals surface area contributed by atoms with Crippen LogP contribution in [0.3, 0.4) is 0 Å². The van der Waals surface area contributed by atoms with Crippen molar-refractivity contribution in [2.24, 2.45) is 0 Å². The quantitative estimate of drug-likeness (QED) is 0.662. The fraction of sp³-hybridized carbons (Fsp3) is 0.238. The molecule has 5 nitrogen and oxygen atoms in total. The van der Waals surface area contributed by atoms with E-state index in [4.69, 9.17) is 9.84 Å². The maximum Gasteiger partial charge on any atom is 0.416 e. The fourth-order valence-corrected chi connectivity index (χ4v) is 2.60. The lowest BCUT2D eigenvalue weighted by Gasteiger charge is -2.11. The van der Waals surface area contributed by atoms with E-state index in [9.17, 15) is 22.8 Å². The van der Waals surface area contributed by atoms with Gasteiger partial charge in [-0.3, -0.25) is 4.79 Å². The largest absolute Gasteiger partial charge is 0.496 e. The molecule has 0 atom stereocenters. The highest BCUT2D eigenvalue weighted by molar-refractivity contribution is 5.98. The highest BCUT2D eigenvalue weighted by atomic mass is 19.4. The van der Waals surface area contributed by atoms with Crippen molar-refractivity contribution in [1.82, 2.24) is 5.32 Å². The molecule has 2 aromatic rings. The Morgan fingerprint density at radius 1 is 1.14 bits per heavy atom. The second kappa shape index (κ2) is 9.27. The van der Waals surface area contributed by atoms with Gasteiger partial charge in [-0.1, -0.05) is 25.1 Å². The van der Waals surface area contributed by atoms with E-state index in [1.165, 1.54) is 31.4 Å². The van der Waals surface area contributed by atoms with Gasteiger partial charge in [0.1, 0.15) is 5.75 Å². The van der Waals surface area contributed by atoms with Crippen molar-refractivity contribution in [1.29, 1.82) is 0 Å². The molecular formula is C21H20F3NO4. The molecule has 0 spiro atoms. The molecule has 0 bridgehead atoms. The lowest BCUT2D eigenvalue weighted by atomic mass is 10.0. The summed E-state index contributed by atoms with van der Waals surface area (Å²) in [5.74, 6) is -1.25. The van der Waals surface area contributed by atoms with Crippen LogP contribution in [0.4, 0.5) is 13.2 Å². The number of ether oxygens (including phenoxy) is 1. The summed E-state index contributed by atoms with van der Waals surface area (Å²) < 4.78 is 43.0. The summed E-state index contributed by atoms with van der Waals surface area (Å²) in [6.07, 6.45) is -2.64. The van der Waals surface area contributed by atoms with Crippen LogP contribution in [0.5, 0.6) is 5.75 Å². The second-order valence-electron chi connectivity index (χ2n) is 6.17. The molecular weight excluding hydrogens is 387 g/mol. The average molecular weight is 407 g/mol. The van der Waals surface area contributed by atoms with E-state index < -0.39 is 23.6 Å². The molecule has 2 N–H and O–H groups in total. The number of carboxylic acid groups (broad SMARTS) is 1. The molecule has 8 heteroatoms. The third-order valence-corrected chi connectivity index (χ3v) is 4.20. The third-order valence-electron chi connectivity index (χ3n) is 4.20. The van der Waals surface area contributed by atoms with Gasteiger partial charge in [-0.25, -0.2) is 4.79 Å². The van der Waals surface area contributed by atoms with E-state index in [1.54, 1.807) is 19.1 Å². The number of aliphatic carboxylic acids is 1. The molecule has 0 saturated carbocycles. The number of hydrogen-bond acceptors (Lipinski definition) is 3. The number of methoxy groups -OCH3 is 1. The molecule has 154 valence electrons. The summed E-state index contributed by atoms with van der Waals surface area (Å²) in [5.41, 5.74) is 0.629. The monoisotopic (exact) mass is 407 g/mol. The Morgan fingerprint density at radius 3 is 2.31 bits per heavy atom. The molecule has 0 heterocycles. The summed E-state index contributed by atoms with van der Waals surface area (Å²) in [7, 11) is 1.40. The van der Waals surface area contributed by atoms with Crippen LogP contribution in [0.15, 0.2) is 48.0 Å². The van der Waals surface area contributed by atoms with Gasteiger partial charge in [0.25, 0.3) is 5.91 Å². The summed E-state index contributed by atoms with van der Waals surface area (Å²) in [5, 5.41) is 11.8. The number of amides is 1. The first-order valence-electron chi connectivity index (χ1n) is 8.72. The Labute approximate surface area is 165 Å². The predicted octanol–water partition coefficient (Wildman–Crippen LogP) is 4.52. The van der Waals surface area contributed by atoms with E-state index in [0.29, 0.717) is 23.3 Å². The third kappa shape index (κ3) is 5.84. The van der Waals surface area contributed by atoms with E-state index in [1.807, 2.05) is 0 Å². The molecule has 0 saturated heterocycles. The van der Waals surface area contributed by atoms with Gasteiger partial charge in [0.2, 0.25) is 0 Å². The van der Waals surface area contributed by atoms with Crippen LogP contribution in [0, 0.1) is 0 Å². The fourth-order valence-electron chi connectivity index (χ4n) is 2.60. The van der Waals surface area contributed by atoms with Crippen LogP contribution in [0.1, 0.15) is 40.4 Å². The highest BCUT2D eigenvalue weighted by Crippen LogP contribution is 2.29. The molecule has 0 fully saturated rings. The van der Waals surface area contributed by atoms with E-state index in [0.717, 1.165) is 12.1 Å². The molecule has 0 aliphatic carbocycles. The van der Waals surface area contributed by atoms with Crippen LogP contribution in [0.25, 0.3) is 6.08 Å².